The van der Waals surface area contributed by atoms with Crippen molar-refractivity contribution in [3.63, 3.8) is 0 Å². The van der Waals surface area contributed by atoms with Crippen LogP contribution in [0, 0.1) is 4.77 Å². The molecule has 1 amide bonds. The molecule has 0 bridgehead atoms. The summed E-state index contributed by atoms with van der Waals surface area (Å²) in [6.07, 6.45) is 5.58. The molecule has 2 heterocycles. The Morgan fingerprint density at radius 3 is 3.00 bits per heavy atom. The average molecular weight is 312 g/mol. The van der Waals surface area contributed by atoms with Gasteiger partial charge in [0.05, 0.1) is 7.05 Å². The molecule has 0 aromatic carbocycles. The van der Waals surface area contributed by atoms with Crippen LogP contribution < -0.4 is 10.2 Å². The van der Waals surface area contributed by atoms with E-state index in [0.717, 1.165) is 41.4 Å². The monoisotopic (exact) mass is 312 g/mol. The van der Waals surface area contributed by atoms with Crippen LogP contribution in [-0.4, -0.2) is 40.4 Å². The van der Waals surface area contributed by atoms with Crippen LogP contribution >= 0.6 is 12.2 Å². The van der Waals surface area contributed by atoms with E-state index >= 15 is 0 Å². The molecule has 2 rings (SSSR count). The Kier molecular flexibility index (Phi) is 5.93. The predicted molar refractivity (Wildman–Crippen MR) is 83.7 cm³/mol. The Balaban J connectivity index is 1.96. The highest BCUT2D eigenvalue weighted by molar-refractivity contribution is 7.71. The van der Waals surface area contributed by atoms with Crippen molar-refractivity contribution >= 4 is 18.1 Å². The summed E-state index contributed by atoms with van der Waals surface area (Å²) in [7, 11) is 2.00. The van der Waals surface area contributed by atoms with Crippen LogP contribution in [0.5, 0.6) is 0 Å². The first-order valence-corrected chi connectivity index (χ1v) is 8.27. The van der Waals surface area contributed by atoms with Crippen molar-refractivity contribution in [2.45, 2.75) is 52.2 Å². The smallest absolute Gasteiger partial charge is 0.275 e. The lowest BCUT2D eigenvalue weighted by atomic mass is 10.2. The Morgan fingerprint density at radius 2 is 2.24 bits per heavy atom. The molecule has 0 fully saturated rings. The highest BCUT2D eigenvalue weighted by Crippen LogP contribution is 2.13. The SMILES string of the molecule is CCCNC(=O)C[NH+](C)Cn1nc2n(c1=S)CCCCC2. The number of rotatable bonds is 6. The lowest BCUT2D eigenvalue weighted by molar-refractivity contribution is -0.895. The normalized spacial score (nSPS) is 16.1. The van der Waals surface area contributed by atoms with E-state index in [0.29, 0.717) is 13.2 Å². The van der Waals surface area contributed by atoms with Gasteiger partial charge in [0.15, 0.2) is 13.2 Å². The highest BCUT2D eigenvalue weighted by atomic mass is 32.1. The predicted octanol–water partition coefficient (Wildman–Crippen LogP) is 0.139. The summed E-state index contributed by atoms with van der Waals surface area (Å²) in [5, 5.41) is 7.54. The van der Waals surface area contributed by atoms with Crippen LogP contribution in [0.4, 0.5) is 0 Å². The van der Waals surface area contributed by atoms with Crippen LogP contribution in [0.2, 0.25) is 0 Å². The van der Waals surface area contributed by atoms with Crippen LogP contribution in [-0.2, 0) is 24.4 Å². The number of carbonyl (C=O) groups is 1. The highest BCUT2D eigenvalue weighted by Gasteiger charge is 2.16. The van der Waals surface area contributed by atoms with Crippen LogP contribution in [0.25, 0.3) is 0 Å². The lowest BCUT2D eigenvalue weighted by Gasteiger charge is -2.13. The van der Waals surface area contributed by atoms with E-state index in [-0.39, 0.29) is 5.91 Å². The third-order valence-corrected chi connectivity index (χ3v) is 4.17. The van der Waals surface area contributed by atoms with Crippen molar-refractivity contribution in [2.24, 2.45) is 0 Å². The molecule has 1 aromatic heterocycles. The van der Waals surface area contributed by atoms with E-state index in [2.05, 4.69) is 15.0 Å². The van der Waals surface area contributed by atoms with Crippen molar-refractivity contribution in [1.82, 2.24) is 19.7 Å². The number of likely N-dealkylation sites (N-methyl/N-ethyl adjacent to an activating group) is 1. The molecule has 7 heteroatoms. The minimum Gasteiger partial charge on any atom is -0.351 e. The fraction of sp³-hybridized carbons (Fsp3) is 0.786. The molecule has 0 aliphatic carbocycles. The molecular formula is C14H26N5OS+. The zero-order valence-electron chi connectivity index (χ0n) is 13.0. The van der Waals surface area contributed by atoms with Crippen molar-refractivity contribution in [3.8, 4) is 0 Å². The van der Waals surface area contributed by atoms with E-state index < -0.39 is 0 Å². The third kappa shape index (κ3) is 4.38. The van der Waals surface area contributed by atoms with Gasteiger partial charge in [-0.25, -0.2) is 0 Å². The van der Waals surface area contributed by atoms with Crippen LogP contribution in [0.3, 0.4) is 0 Å². The molecule has 0 saturated heterocycles. The van der Waals surface area contributed by atoms with Gasteiger partial charge >= 0.3 is 0 Å². The summed E-state index contributed by atoms with van der Waals surface area (Å²) in [5.41, 5.74) is 0. The standard InChI is InChI=1S/C14H25N5OS/c1-3-8-15-13(20)10-17(2)11-19-14(21)18-9-6-4-5-7-12(18)16-19/h3-11H2,1-2H3,(H,15,20)/p+1. The van der Waals surface area contributed by atoms with E-state index in [1.807, 2.05) is 18.7 Å². The Bertz CT molecular complexity index is 536. The molecule has 1 atom stereocenters. The van der Waals surface area contributed by atoms with Gasteiger partial charge in [0.2, 0.25) is 4.77 Å². The van der Waals surface area contributed by atoms with E-state index in [1.165, 1.54) is 19.3 Å². The van der Waals surface area contributed by atoms with Gasteiger partial charge in [0.1, 0.15) is 5.82 Å². The second-order valence-electron chi connectivity index (χ2n) is 5.80. The number of nitrogens with one attached hydrogen (secondary N) is 2. The fourth-order valence-corrected chi connectivity index (χ4v) is 2.94. The maximum absolute atomic E-state index is 11.7. The lowest BCUT2D eigenvalue weighted by Crippen LogP contribution is -3.09. The quantitative estimate of drug-likeness (QED) is 0.735. The van der Waals surface area contributed by atoms with Gasteiger partial charge < -0.3 is 14.8 Å². The summed E-state index contributed by atoms with van der Waals surface area (Å²) < 4.78 is 4.82. The van der Waals surface area contributed by atoms with Gasteiger partial charge in [0, 0.05) is 19.5 Å². The molecule has 1 unspecified atom stereocenters. The van der Waals surface area contributed by atoms with E-state index in [9.17, 15) is 4.79 Å². The van der Waals surface area contributed by atoms with Gasteiger partial charge in [0.25, 0.3) is 5.91 Å². The van der Waals surface area contributed by atoms with Crippen molar-refractivity contribution in [1.29, 1.82) is 0 Å². The first-order chi connectivity index (χ1) is 10.1. The van der Waals surface area contributed by atoms with Gasteiger partial charge in [-0.05, 0) is 31.5 Å². The number of carbonyl (C=O) groups excluding carboxylic acids is 1. The van der Waals surface area contributed by atoms with Crippen LogP contribution in [0.1, 0.15) is 38.4 Å². The molecule has 1 aliphatic heterocycles. The zero-order valence-corrected chi connectivity index (χ0v) is 13.8. The number of amides is 1. The maximum atomic E-state index is 11.7. The second kappa shape index (κ2) is 7.70. The largest absolute Gasteiger partial charge is 0.351 e. The summed E-state index contributed by atoms with van der Waals surface area (Å²) in [4.78, 5) is 12.8. The summed E-state index contributed by atoms with van der Waals surface area (Å²) in [6, 6.07) is 0. The Labute approximate surface area is 131 Å². The van der Waals surface area contributed by atoms with E-state index in [4.69, 9.17) is 12.2 Å². The minimum atomic E-state index is 0.0849. The second-order valence-corrected chi connectivity index (χ2v) is 6.17. The van der Waals surface area contributed by atoms with E-state index in [1.54, 1.807) is 0 Å². The molecular weight excluding hydrogens is 286 g/mol. The summed E-state index contributed by atoms with van der Waals surface area (Å²) >= 11 is 5.52. The third-order valence-electron chi connectivity index (χ3n) is 3.74. The van der Waals surface area contributed by atoms with Crippen molar-refractivity contribution < 1.29 is 9.69 Å². The fourth-order valence-electron chi connectivity index (χ4n) is 2.64. The van der Waals surface area contributed by atoms with Gasteiger partial charge in [-0.2, -0.15) is 9.78 Å². The number of nitrogens with zero attached hydrogens (tertiary/aromatic N) is 3. The Morgan fingerprint density at radius 1 is 1.43 bits per heavy atom. The molecule has 0 saturated carbocycles. The van der Waals surface area contributed by atoms with Gasteiger partial charge in [-0.15, -0.1) is 0 Å². The number of hydrogen-bond acceptors (Lipinski definition) is 3. The number of aryl methyl sites for hydroxylation is 1. The molecule has 2 N–H and O–H groups in total. The van der Waals surface area contributed by atoms with Crippen LogP contribution in [0.15, 0.2) is 0 Å². The number of aromatic nitrogens is 3. The first kappa shape index (κ1) is 16.2. The zero-order chi connectivity index (χ0) is 15.2. The Hall–Kier alpha value is -1.21. The van der Waals surface area contributed by atoms with Gasteiger partial charge in [-0.3, -0.25) is 4.79 Å². The van der Waals surface area contributed by atoms with Crippen molar-refractivity contribution in [3.05, 3.63) is 10.6 Å². The molecule has 0 spiro atoms. The number of hydrogen-bond donors (Lipinski definition) is 2. The van der Waals surface area contributed by atoms with Crippen molar-refractivity contribution in [2.75, 3.05) is 20.1 Å². The number of quaternary nitrogens is 1. The molecule has 0 radical (unpaired) electrons. The summed E-state index contributed by atoms with van der Waals surface area (Å²) in [5.74, 6) is 1.18. The van der Waals surface area contributed by atoms with Gasteiger partial charge in [-0.1, -0.05) is 13.3 Å². The molecule has 6 nitrogen and oxygen atoms in total. The molecule has 1 aromatic rings. The molecule has 118 valence electrons. The molecule has 1 aliphatic rings. The average Bonchev–Trinajstić information content (AvgIpc) is 2.64. The minimum absolute atomic E-state index is 0.0849. The first-order valence-electron chi connectivity index (χ1n) is 7.86. The summed E-state index contributed by atoms with van der Waals surface area (Å²) in [6.45, 7) is 4.85. The number of fused-ring (bicyclic) bond motifs is 1. The maximum Gasteiger partial charge on any atom is 0.275 e. The topological polar surface area (TPSA) is 56.3 Å². The molecule has 21 heavy (non-hydrogen) atoms.